The molecular weight excluding hydrogens is 250 g/mol. The number of hydrogen-bond acceptors (Lipinski definition) is 3. The second-order valence-electron chi connectivity index (χ2n) is 3.66. The van der Waals surface area contributed by atoms with Gasteiger partial charge in [-0.1, -0.05) is 13.0 Å². The van der Waals surface area contributed by atoms with Crippen molar-refractivity contribution >= 4 is 17.7 Å². The lowest BCUT2D eigenvalue weighted by molar-refractivity contribution is 0.509. The van der Waals surface area contributed by atoms with Crippen molar-refractivity contribution in [3.05, 3.63) is 47.8 Å². The highest BCUT2D eigenvalue weighted by Crippen LogP contribution is 2.26. The van der Waals surface area contributed by atoms with E-state index in [0.717, 1.165) is 24.9 Å². The van der Waals surface area contributed by atoms with Crippen molar-refractivity contribution in [1.29, 1.82) is 5.41 Å². The summed E-state index contributed by atoms with van der Waals surface area (Å²) in [4.78, 5) is 0. The Bertz CT molecular complexity index is 510. The van der Waals surface area contributed by atoms with Gasteiger partial charge >= 0.3 is 0 Å². The van der Waals surface area contributed by atoms with Crippen LogP contribution in [0.4, 0.5) is 20.2 Å². The average Bonchev–Trinajstić information content (AvgIpc) is 2.40. The maximum atomic E-state index is 13.2. The highest BCUT2D eigenvalue weighted by atomic mass is 19.2. The molecule has 0 heterocycles. The van der Waals surface area contributed by atoms with Crippen LogP contribution < -0.4 is 16.4 Å². The number of anilines is 2. The molecule has 1 aromatic rings. The van der Waals surface area contributed by atoms with Gasteiger partial charge in [0.25, 0.3) is 0 Å². The van der Waals surface area contributed by atoms with Crippen LogP contribution in [0.3, 0.4) is 0 Å². The Morgan fingerprint density at radius 1 is 1.32 bits per heavy atom. The van der Waals surface area contributed by atoms with Crippen molar-refractivity contribution in [2.45, 2.75) is 13.3 Å². The van der Waals surface area contributed by atoms with Crippen molar-refractivity contribution in [2.75, 3.05) is 10.6 Å². The first-order valence-electron chi connectivity index (χ1n) is 5.72. The Labute approximate surface area is 110 Å². The van der Waals surface area contributed by atoms with Gasteiger partial charge in [0.05, 0.1) is 23.4 Å². The monoisotopic (exact) mass is 266 g/mol. The lowest BCUT2D eigenvalue weighted by atomic mass is 10.2. The zero-order chi connectivity index (χ0) is 14.3. The number of allylic oxidation sites excluding steroid dienone is 2. The average molecular weight is 266 g/mol. The van der Waals surface area contributed by atoms with Gasteiger partial charge < -0.3 is 16.4 Å². The molecule has 0 atom stereocenters. The fraction of sp³-hybridized carbons (Fsp3) is 0.154. The maximum Gasteiger partial charge on any atom is 0.161 e. The second-order valence-corrected chi connectivity index (χ2v) is 3.66. The summed E-state index contributed by atoms with van der Waals surface area (Å²) < 4.78 is 26.4. The number of nitrogens with two attached hydrogens (primary N) is 1. The predicted octanol–water partition coefficient (Wildman–Crippen LogP) is 3.16. The molecule has 0 bridgehead atoms. The molecule has 0 aliphatic carbocycles. The van der Waals surface area contributed by atoms with E-state index in [0.29, 0.717) is 11.4 Å². The van der Waals surface area contributed by atoms with Gasteiger partial charge in [-0.25, -0.2) is 8.78 Å². The quantitative estimate of drug-likeness (QED) is 0.363. The standard InChI is InChI=1S/C13H16F2N4/c1-2-3-4-9(7-16)19-13-6-11(15)10(14)5-12(13)18-8-17/h3-8,19H,2,16H2,1H3,(H2,17,18)/b4-3-,9-7+. The van der Waals surface area contributed by atoms with Crippen LogP contribution in [-0.4, -0.2) is 6.34 Å². The second kappa shape index (κ2) is 7.15. The molecule has 0 spiro atoms. The first-order chi connectivity index (χ1) is 9.12. The normalized spacial score (nSPS) is 11.6. The van der Waals surface area contributed by atoms with Crippen molar-refractivity contribution in [2.24, 2.45) is 5.73 Å². The van der Waals surface area contributed by atoms with Crippen molar-refractivity contribution < 1.29 is 8.78 Å². The molecule has 0 aromatic heterocycles. The molecule has 0 saturated carbocycles. The molecule has 0 saturated heterocycles. The van der Waals surface area contributed by atoms with Gasteiger partial charge in [-0.05, 0) is 12.5 Å². The third kappa shape index (κ3) is 4.09. The summed E-state index contributed by atoms with van der Waals surface area (Å²) in [5.41, 5.74) is 6.53. The Morgan fingerprint density at radius 2 is 1.95 bits per heavy atom. The molecule has 0 aliphatic rings. The van der Waals surface area contributed by atoms with Crippen molar-refractivity contribution in [3.63, 3.8) is 0 Å². The first kappa shape index (κ1) is 14.7. The van der Waals surface area contributed by atoms with Gasteiger partial charge in [-0.3, -0.25) is 5.41 Å². The summed E-state index contributed by atoms with van der Waals surface area (Å²) >= 11 is 0. The molecular formula is C13H16F2N4. The summed E-state index contributed by atoms with van der Waals surface area (Å²) in [6, 6.07) is 1.98. The number of nitrogens with one attached hydrogen (secondary N) is 3. The molecule has 5 N–H and O–H groups in total. The van der Waals surface area contributed by atoms with E-state index in [1.165, 1.54) is 6.20 Å². The fourth-order valence-corrected chi connectivity index (χ4v) is 1.39. The van der Waals surface area contributed by atoms with E-state index in [2.05, 4.69) is 10.6 Å². The maximum absolute atomic E-state index is 13.2. The first-order valence-corrected chi connectivity index (χ1v) is 5.72. The van der Waals surface area contributed by atoms with Gasteiger partial charge in [0.1, 0.15) is 0 Å². The summed E-state index contributed by atoms with van der Waals surface area (Å²) in [7, 11) is 0. The van der Waals surface area contributed by atoms with E-state index in [-0.39, 0.29) is 5.69 Å². The van der Waals surface area contributed by atoms with E-state index < -0.39 is 11.6 Å². The van der Waals surface area contributed by atoms with Crippen LogP contribution in [0.15, 0.2) is 36.2 Å². The van der Waals surface area contributed by atoms with Gasteiger partial charge in [0, 0.05) is 18.3 Å². The van der Waals surface area contributed by atoms with Gasteiger partial charge in [0.2, 0.25) is 0 Å². The highest BCUT2D eigenvalue weighted by Gasteiger charge is 2.09. The van der Waals surface area contributed by atoms with Crippen LogP contribution in [0.1, 0.15) is 13.3 Å². The minimum absolute atomic E-state index is 0.248. The molecule has 19 heavy (non-hydrogen) atoms. The van der Waals surface area contributed by atoms with E-state index in [1.807, 2.05) is 13.0 Å². The van der Waals surface area contributed by atoms with Crippen LogP contribution in [0.5, 0.6) is 0 Å². The summed E-state index contributed by atoms with van der Waals surface area (Å²) in [5, 5.41) is 12.3. The van der Waals surface area contributed by atoms with E-state index >= 15 is 0 Å². The van der Waals surface area contributed by atoms with Crippen LogP contribution >= 0.6 is 0 Å². The zero-order valence-electron chi connectivity index (χ0n) is 10.5. The number of halogens is 2. The largest absolute Gasteiger partial charge is 0.403 e. The van der Waals surface area contributed by atoms with E-state index in [1.54, 1.807) is 6.08 Å². The lowest BCUT2D eigenvalue weighted by Gasteiger charge is -2.12. The van der Waals surface area contributed by atoms with Crippen LogP contribution in [0, 0.1) is 17.0 Å². The summed E-state index contributed by atoms with van der Waals surface area (Å²) in [5.74, 6) is -1.97. The lowest BCUT2D eigenvalue weighted by Crippen LogP contribution is -2.05. The van der Waals surface area contributed by atoms with Crippen molar-refractivity contribution in [1.82, 2.24) is 0 Å². The molecule has 4 nitrogen and oxygen atoms in total. The van der Waals surface area contributed by atoms with Crippen LogP contribution in [0.25, 0.3) is 0 Å². The third-order valence-electron chi connectivity index (χ3n) is 2.28. The molecule has 0 aliphatic heterocycles. The Hall–Kier alpha value is -2.37. The van der Waals surface area contributed by atoms with Gasteiger partial charge in [-0.2, -0.15) is 0 Å². The molecule has 0 unspecified atom stereocenters. The van der Waals surface area contributed by atoms with Gasteiger partial charge in [-0.15, -0.1) is 0 Å². The molecule has 0 radical (unpaired) electrons. The summed E-state index contributed by atoms with van der Waals surface area (Å²) in [6.07, 6.45) is 6.63. The summed E-state index contributed by atoms with van der Waals surface area (Å²) in [6.45, 7) is 1.96. The van der Waals surface area contributed by atoms with Crippen molar-refractivity contribution in [3.8, 4) is 0 Å². The smallest absolute Gasteiger partial charge is 0.161 e. The Morgan fingerprint density at radius 3 is 2.47 bits per heavy atom. The third-order valence-corrected chi connectivity index (χ3v) is 2.28. The molecule has 1 rings (SSSR count). The Kier molecular flexibility index (Phi) is 5.53. The van der Waals surface area contributed by atoms with Gasteiger partial charge in [0.15, 0.2) is 11.6 Å². The predicted molar refractivity (Wildman–Crippen MR) is 74.1 cm³/mol. The fourth-order valence-electron chi connectivity index (χ4n) is 1.39. The number of rotatable bonds is 6. The zero-order valence-corrected chi connectivity index (χ0v) is 10.5. The Balaban J connectivity index is 3.07. The molecule has 0 fully saturated rings. The molecule has 1 aromatic carbocycles. The van der Waals surface area contributed by atoms with Crippen LogP contribution in [0.2, 0.25) is 0 Å². The minimum Gasteiger partial charge on any atom is -0.403 e. The van der Waals surface area contributed by atoms with Crippen LogP contribution in [-0.2, 0) is 0 Å². The topological polar surface area (TPSA) is 73.9 Å². The molecule has 102 valence electrons. The SMILES string of the molecule is CC/C=C\C(=C/N)Nc1cc(F)c(F)cc1NC=N. The van der Waals surface area contributed by atoms with E-state index in [9.17, 15) is 8.78 Å². The number of hydrogen-bond donors (Lipinski definition) is 4. The highest BCUT2D eigenvalue weighted by molar-refractivity contribution is 5.82. The minimum atomic E-state index is -0.989. The van der Waals surface area contributed by atoms with E-state index in [4.69, 9.17) is 11.1 Å². The molecule has 6 heteroatoms. The number of benzene rings is 1. The molecule has 0 amide bonds.